The Balaban J connectivity index is 1.40. The largest absolute Gasteiger partial charge is 0.507 e. The minimum Gasteiger partial charge on any atom is -0.507 e. The molecule has 4 aromatic carbocycles. The molecule has 1 unspecified atom stereocenters. The maximum absolute atomic E-state index is 13.7. The van der Waals surface area contributed by atoms with Crippen LogP contribution in [0.2, 0.25) is 0 Å². The van der Waals surface area contributed by atoms with Gasteiger partial charge < -0.3 is 14.6 Å². The van der Waals surface area contributed by atoms with Crippen LogP contribution in [0.3, 0.4) is 0 Å². The number of ether oxygens (including phenoxy) is 2. The standard InChI is InChI=1S/C34H29N3O5S2/c1-3-41-26-18-17-23(19-27(26)42-4-2)29-28(30(38)22-12-6-5-7-13-22)31(39)32(40)37(29)33-35-36-34(44-33)43-20-24-15-10-14-21-11-8-9-16-25(21)24/h5-19,29,38H,3-4,20H2,1-2H3/b30-28+. The van der Waals surface area contributed by atoms with E-state index in [1.54, 1.807) is 42.5 Å². The monoisotopic (exact) mass is 623 g/mol. The van der Waals surface area contributed by atoms with Crippen LogP contribution in [-0.4, -0.2) is 40.2 Å². The molecule has 44 heavy (non-hydrogen) atoms. The van der Waals surface area contributed by atoms with E-state index in [1.165, 1.54) is 33.4 Å². The summed E-state index contributed by atoms with van der Waals surface area (Å²) >= 11 is 2.74. The van der Waals surface area contributed by atoms with Gasteiger partial charge in [-0.05, 0) is 47.9 Å². The number of amides is 1. The molecule has 1 atom stereocenters. The maximum atomic E-state index is 13.7. The second-order valence-electron chi connectivity index (χ2n) is 9.88. The molecule has 222 valence electrons. The Kier molecular flexibility index (Phi) is 8.63. The third-order valence-electron chi connectivity index (χ3n) is 7.21. The summed E-state index contributed by atoms with van der Waals surface area (Å²) in [7, 11) is 0. The van der Waals surface area contributed by atoms with Crippen LogP contribution >= 0.6 is 23.1 Å². The Labute approximate surface area is 263 Å². The number of fused-ring (bicyclic) bond motifs is 1. The molecule has 8 nitrogen and oxygen atoms in total. The van der Waals surface area contributed by atoms with Crippen molar-refractivity contribution in [1.29, 1.82) is 0 Å². The summed E-state index contributed by atoms with van der Waals surface area (Å²) in [6, 6.07) is 27.4. The molecule has 6 rings (SSSR count). The van der Waals surface area contributed by atoms with E-state index in [4.69, 9.17) is 9.47 Å². The van der Waals surface area contributed by atoms with E-state index < -0.39 is 17.7 Å². The lowest BCUT2D eigenvalue weighted by Crippen LogP contribution is -2.29. The maximum Gasteiger partial charge on any atom is 0.301 e. The summed E-state index contributed by atoms with van der Waals surface area (Å²) in [6.45, 7) is 4.57. The van der Waals surface area contributed by atoms with Crippen LogP contribution in [-0.2, 0) is 15.3 Å². The topological polar surface area (TPSA) is 102 Å². The number of thioether (sulfide) groups is 1. The highest BCUT2D eigenvalue weighted by molar-refractivity contribution is 8.00. The van der Waals surface area contributed by atoms with Crippen LogP contribution in [0.1, 0.15) is 36.6 Å². The van der Waals surface area contributed by atoms with Crippen molar-refractivity contribution >= 4 is 56.5 Å². The first-order valence-electron chi connectivity index (χ1n) is 14.2. The molecule has 1 amide bonds. The Morgan fingerprint density at radius 2 is 1.61 bits per heavy atom. The summed E-state index contributed by atoms with van der Waals surface area (Å²) in [5.41, 5.74) is 2.11. The third-order valence-corrected chi connectivity index (χ3v) is 9.31. The molecular formula is C34H29N3O5S2. The minimum atomic E-state index is -0.964. The molecule has 0 bridgehead atoms. The highest BCUT2D eigenvalue weighted by Crippen LogP contribution is 2.45. The number of carbonyl (C=O) groups is 2. The van der Waals surface area contributed by atoms with E-state index in [-0.39, 0.29) is 16.5 Å². The minimum absolute atomic E-state index is 0.0343. The van der Waals surface area contributed by atoms with Gasteiger partial charge in [0, 0.05) is 11.3 Å². The molecule has 10 heteroatoms. The summed E-state index contributed by atoms with van der Waals surface area (Å²) in [5, 5.41) is 22.7. The molecular weight excluding hydrogens is 595 g/mol. The van der Waals surface area contributed by atoms with Crippen molar-refractivity contribution in [3.8, 4) is 11.5 Å². The van der Waals surface area contributed by atoms with E-state index in [2.05, 4.69) is 34.5 Å². The first-order valence-corrected chi connectivity index (χ1v) is 16.0. The number of Topliss-reactive ketones (excluding diaryl/α,β-unsaturated/α-hetero) is 1. The number of benzene rings is 4. The number of hydrogen-bond acceptors (Lipinski definition) is 9. The zero-order valence-corrected chi connectivity index (χ0v) is 25.7. The zero-order chi connectivity index (χ0) is 30.6. The van der Waals surface area contributed by atoms with E-state index in [0.717, 1.165) is 10.9 Å². The smallest absolute Gasteiger partial charge is 0.301 e. The van der Waals surface area contributed by atoms with Crippen molar-refractivity contribution in [2.24, 2.45) is 0 Å². The fourth-order valence-electron chi connectivity index (χ4n) is 5.25. The van der Waals surface area contributed by atoms with Crippen LogP contribution in [0.4, 0.5) is 5.13 Å². The molecule has 1 fully saturated rings. The van der Waals surface area contributed by atoms with Gasteiger partial charge in [0.2, 0.25) is 5.13 Å². The van der Waals surface area contributed by atoms with Crippen LogP contribution < -0.4 is 14.4 Å². The molecule has 1 aromatic heterocycles. The summed E-state index contributed by atoms with van der Waals surface area (Å²) in [4.78, 5) is 28.6. The van der Waals surface area contributed by atoms with Gasteiger partial charge in [-0.25, -0.2) is 0 Å². The van der Waals surface area contributed by atoms with Gasteiger partial charge in [-0.1, -0.05) is 102 Å². The number of anilines is 1. The number of carbonyl (C=O) groups excluding carboxylic acids is 2. The van der Waals surface area contributed by atoms with Crippen molar-refractivity contribution in [2.75, 3.05) is 18.1 Å². The van der Waals surface area contributed by atoms with Crippen LogP contribution in [0.25, 0.3) is 16.5 Å². The highest BCUT2D eigenvalue weighted by Gasteiger charge is 2.48. The lowest BCUT2D eigenvalue weighted by atomic mass is 9.95. The Morgan fingerprint density at radius 1 is 0.886 bits per heavy atom. The fourth-order valence-corrected chi connectivity index (χ4v) is 7.12. The first-order chi connectivity index (χ1) is 21.5. The lowest BCUT2D eigenvalue weighted by molar-refractivity contribution is -0.132. The zero-order valence-electron chi connectivity index (χ0n) is 24.1. The van der Waals surface area contributed by atoms with E-state index >= 15 is 0 Å². The van der Waals surface area contributed by atoms with Crippen LogP contribution in [0.5, 0.6) is 11.5 Å². The molecule has 0 spiro atoms. The molecule has 0 radical (unpaired) electrons. The van der Waals surface area contributed by atoms with Gasteiger partial charge in [-0.3, -0.25) is 14.5 Å². The molecule has 1 aliphatic heterocycles. The summed E-state index contributed by atoms with van der Waals surface area (Å²) in [5.74, 6) is -0.187. The average molecular weight is 624 g/mol. The van der Waals surface area contributed by atoms with Crippen molar-refractivity contribution in [1.82, 2.24) is 10.2 Å². The number of rotatable bonds is 10. The van der Waals surface area contributed by atoms with Gasteiger partial charge in [0.1, 0.15) is 5.76 Å². The number of aliphatic hydroxyl groups is 1. The van der Waals surface area contributed by atoms with Gasteiger partial charge in [-0.2, -0.15) is 0 Å². The number of ketones is 1. The summed E-state index contributed by atoms with van der Waals surface area (Å²) < 4.78 is 12.2. The van der Waals surface area contributed by atoms with Gasteiger partial charge >= 0.3 is 5.91 Å². The molecule has 0 aliphatic carbocycles. The van der Waals surface area contributed by atoms with Gasteiger partial charge in [-0.15, -0.1) is 10.2 Å². The number of nitrogens with zero attached hydrogens (tertiary/aromatic N) is 3. The second-order valence-corrected chi connectivity index (χ2v) is 12.1. The Morgan fingerprint density at radius 3 is 2.41 bits per heavy atom. The average Bonchev–Trinajstić information content (AvgIpc) is 3.62. The van der Waals surface area contributed by atoms with Gasteiger partial charge in [0.15, 0.2) is 15.8 Å². The van der Waals surface area contributed by atoms with Gasteiger partial charge in [0.05, 0.1) is 24.8 Å². The van der Waals surface area contributed by atoms with Crippen LogP contribution in [0.15, 0.2) is 101 Å². The lowest BCUT2D eigenvalue weighted by Gasteiger charge is -2.23. The molecule has 1 N–H and O–H groups in total. The van der Waals surface area contributed by atoms with Crippen LogP contribution in [0, 0.1) is 0 Å². The Bertz CT molecular complexity index is 1870. The Hall–Kier alpha value is -4.67. The molecule has 2 heterocycles. The molecule has 0 saturated carbocycles. The number of hydrogen-bond donors (Lipinski definition) is 1. The molecule has 5 aromatic rings. The molecule has 1 saturated heterocycles. The quantitative estimate of drug-likeness (QED) is 0.0564. The van der Waals surface area contributed by atoms with Crippen molar-refractivity contribution in [3.05, 3.63) is 113 Å². The van der Waals surface area contributed by atoms with E-state index in [9.17, 15) is 14.7 Å². The third kappa shape index (κ3) is 5.66. The number of aromatic nitrogens is 2. The normalized spacial score (nSPS) is 16.0. The predicted molar refractivity (Wildman–Crippen MR) is 173 cm³/mol. The predicted octanol–water partition coefficient (Wildman–Crippen LogP) is 7.41. The fraction of sp³-hybridized carbons (Fsp3) is 0.176. The van der Waals surface area contributed by atoms with Gasteiger partial charge in [0.25, 0.3) is 5.78 Å². The second kappa shape index (κ2) is 12.9. The van der Waals surface area contributed by atoms with E-state index in [0.29, 0.717) is 45.9 Å². The number of aliphatic hydroxyl groups excluding tert-OH is 1. The first kappa shape index (κ1) is 29.4. The SMILES string of the molecule is CCOc1ccc(C2/C(=C(\O)c3ccccc3)C(=O)C(=O)N2c2nnc(SCc3cccc4ccccc34)s2)cc1OCC. The summed E-state index contributed by atoms with van der Waals surface area (Å²) in [6.07, 6.45) is 0. The van der Waals surface area contributed by atoms with Crippen molar-refractivity contribution in [3.63, 3.8) is 0 Å². The van der Waals surface area contributed by atoms with E-state index in [1.807, 2.05) is 38.1 Å². The van der Waals surface area contributed by atoms with Crippen molar-refractivity contribution in [2.45, 2.75) is 30.0 Å². The molecule has 1 aliphatic rings. The van der Waals surface area contributed by atoms with Crippen molar-refractivity contribution < 1.29 is 24.2 Å². The highest BCUT2D eigenvalue weighted by atomic mass is 32.2.